The number of halogens is 1. The van der Waals surface area contributed by atoms with Gasteiger partial charge >= 0.3 is 0 Å². The molecule has 0 aliphatic heterocycles. The highest BCUT2D eigenvalue weighted by Gasteiger charge is 2.22. The summed E-state index contributed by atoms with van der Waals surface area (Å²) in [5.41, 5.74) is 2.30. The van der Waals surface area contributed by atoms with Crippen LogP contribution in [0.1, 0.15) is 43.2 Å². The average molecular weight is 352 g/mol. The summed E-state index contributed by atoms with van der Waals surface area (Å²) in [5, 5.41) is 3.60. The van der Waals surface area contributed by atoms with Crippen molar-refractivity contribution < 1.29 is 9.15 Å². The van der Waals surface area contributed by atoms with E-state index in [0.29, 0.717) is 0 Å². The first-order valence-corrected chi connectivity index (χ1v) is 8.13. The van der Waals surface area contributed by atoms with Crippen molar-refractivity contribution in [3.8, 4) is 5.75 Å². The van der Waals surface area contributed by atoms with Crippen molar-refractivity contribution in [2.45, 2.75) is 32.7 Å². The molecule has 0 amide bonds. The van der Waals surface area contributed by atoms with Crippen LogP contribution in [-0.4, -0.2) is 13.7 Å². The molecule has 1 heterocycles. The molecule has 0 fully saturated rings. The number of furan rings is 1. The molecule has 114 valence electrons. The van der Waals surface area contributed by atoms with Crippen LogP contribution in [0.5, 0.6) is 5.75 Å². The van der Waals surface area contributed by atoms with Crippen molar-refractivity contribution in [1.82, 2.24) is 5.32 Å². The predicted octanol–water partition coefficient (Wildman–Crippen LogP) is 4.70. The van der Waals surface area contributed by atoms with Crippen LogP contribution in [-0.2, 0) is 6.42 Å². The molecule has 21 heavy (non-hydrogen) atoms. The molecule has 1 aromatic carbocycles. The molecule has 2 rings (SSSR count). The van der Waals surface area contributed by atoms with Crippen molar-refractivity contribution in [1.29, 1.82) is 0 Å². The zero-order valence-corrected chi connectivity index (χ0v) is 14.4. The van der Waals surface area contributed by atoms with Crippen molar-refractivity contribution in [3.05, 3.63) is 51.9 Å². The second-order valence-electron chi connectivity index (χ2n) is 4.93. The van der Waals surface area contributed by atoms with Crippen molar-refractivity contribution in [2.75, 3.05) is 13.7 Å². The van der Waals surface area contributed by atoms with Gasteiger partial charge in [-0.05, 0) is 37.2 Å². The van der Waals surface area contributed by atoms with Gasteiger partial charge in [0, 0.05) is 22.0 Å². The van der Waals surface area contributed by atoms with Crippen LogP contribution < -0.4 is 10.1 Å². The van der Waals surface area contributed by atoms with Crippen molar-refractivity contribution in [3.63, 3.8) is 0 Å². The minimum atomic E-state index is 0.0751. The molecule has 0 bridgehead atoms. The lowest BCUT2D eigenvalue weighted by atomic mass is 9.97. The zero-order valence-electron chi connectivity index (χ0n) is 12.8. The van der Waals surface area contributed by atoms with E-state index in [2.05, 4.69) is 41.2 Å². The second kappa shape index (κ2) is 7.66. The maximum absolute atomic E-state index is 5.61. The number of rotatable bonds is 7. The summed E-state index contributed by atoms with van der Waals surface area (Å²) in [6.45, 7) is 5.21. The van der Waals surface area contributed by atoms with E-state index >= 15 is 0 Å². The Morgan fingerprint density at radius 1 is 1.24 bits per heavy atom. The average Bonchev–Trinajstić information content (AvgIpc) is 2.96. The van der Waals surface area contributed by atoms with Gasteiger partial charge in [0.2, 0.25) is 0 Å². The minimum Gasteiger partial charge on any atom is -0.496 e. The third kappa shape index (κ3) is 3.69. The van der Waals surface area contributed by atoms with Gasteiger partial charge in [-0.1, -0.05) is 29.8 Å². The molecule has 0 saturated heterocycles. The van der Waals surface area contributed by atoms with Gasteiger partial charge in [-0.15, -0.1) is 0 Å². The summed E-state index contributed by atoms with van der Waals surface area (Å²) in [6.07, 6.45) is 3.72. The molecule has 4 heteroatoms. The Hall–Kier alpha value is -1.26. The lowest BCUT2D eigenvalue weighted by molar-refractivity contribution is 0.403. The SMILES string of the molecule is CCCNC(c1cc(Br)ccc1OC)c1ccoc1CC. The van der Waals surface area contributed by atoms with Gasteiger partial charge in [0.05, 0.1) is 19.4 Å². The Morgan fingerprint density at radius 3 is 2.71 bits per heavy atom. The van der Waals surface area contributed by atoms with Gasteiger partial charge in [0.1, 0.15) is 11.5 Å². The molecule has 0 aliphatic carbocycles. The van der Waals surface area contributed by atoms with E-state index in [9.17, 15) is 0 Å². The number of methoxy groups -OCH3 is 1. The molecule has 1 N–H and O–H groups in total. The van der Waals surface area contributed by atoms with E-state index in [0.717, 1.165) is 40.9 Å². The Bertz CT molecular complexity index is 580. The Labute approximate surface area is 134 Å². The molecule has 1 aromatic heterocycles. The van der Waals surface area contributed by atoms with E-state index in [1.165, 1.54) is 5.56 Å². The van der Waals surface area contributed by atoms with E-state index in [4.69, 9.17) is 9.15 Å². The van der Waals surface area contributed by atoms with Crippen LogP contribution in [0.25, 0.3) is 0 Å². The standard InChI is InChI=1S/C17H22BrNO2/c1-4-9-19-17(13-8-10-21-15(13)5-2)14-11-12(18)6-7-16(14)20-3/h6-8,10-11,17,19H,4-5,9H2,1-3H3. The van der Waals surface area contributed by atoms with Crippen LogP contribution in [0, 0.1) is 0 Å². The Kier molecular flexibility index (Phi) is 5.88. The summed E-state index contributed by atoms with van der Waals surface area (Å²) < 4.78 is 12.2. The number of nitrogens with one attached hydrogen (secondary N) is 1. The molecule has 1 unspecified atom stereocenters. The maximum atomic E-state index is 5.61. The number of benzene rings is 1. The van der Waals surface area contributed by atoms with E-state index in [1.54, 1.807) is 13.4 Å². The van der Waals surface area contributed by atoms with Gasteiger partial charge in [0.25, 0.3) is 0 Å². The fourth-order valence-electron chi connectivity index (χ4n) is 2.50. The zero-order chi connectivity index (χ0) is 15.2. The van der Waals surface area contributed by atoms with Crippen molar-refractivity contribution >= 4 is 15.9 Å². The highest BCUT2D eigenvalue weighted by Crippen LogP contribution is 2.34. The fourth-order valence-corrected chi connectivity index (χ4v) is 2.88. The molecule has 0 spiro atoms. The summed E-state index contributed by atoms with van der Waals surface area (Å²) in [5.74, 6) is 1.90. The minimum absolute atomic E-state index is 0.0751. The van der Waals surface area contributed by atoms with E-state index in [1.807, 2.05) is 18.2 Å². The van der Waals surface area contributed by atoms with Crippen LogP contribution >= 0.6 is 15.9 Å². The molecule has 0 aliphatic rings. The van der Waals surface area contributed by atoms with Gasteiger partial charge in [-0.2, -0.15) is 0 Å². The largest absolute Gasteiger partial charge is 0.496 e. The normalized spacial score (nSPS) is 12.4. The quantitative estimate of drug-likeness (QED) is 0.784. The maximum Gasteiger partial charge on any atom is 0.124 e. The summed E-state index contributed by atoms with van der Waals surface area (Å²) >= 11 is 3.55. The van der Waals surface area contributed by atoms with Crippen LogP contribution in [0.2, 0.25) is 0 Å². The van der Waals surface area contributed by atoms with Gasteiger partial charge < -0.3 is 14.5 Å². The molecular formula is C17H22BrNO2. The third-order valence-electron chi connectivity index (χ3n) is 3.51. The highest BCUT2D eigenvalue weighted by molar-refractivity contribution is 9.10. The molecule has 1 atom stereocenters. The smallest absolute Gasteiger partial charge is 0.124 e. The first-order chi connectivity index (χ1) is 10.2. The van der Waals surface area contributed by atoms with Gasteiger partial charge in [-0.3, -0.25) is 0 Å². The van der Waals surface area contributed by atoms with Crippen LogP contribution in [0.15, 0.2) is 39.4 Å². The number of hydrogen-bond acceptors (Lipinski definition) is 3. The second-order valence-corrected chi connectivity index (χ2v) is 5.84. The number of ether oxygens (including phenoxy) is 1. The lowest BCUT2D eigenvalue weighted by Crippen LogP contribution is -2.24. The van der Waals surface area contributed by atoms with Gasteiger partial charge in [-0.25, -0.2) is 0 Å². The first kappa shape index (κ1) is 16.1. The van der Waals surface area contributed by atoms with E-state index < -0.39 is 0 Å². The first-order valence-electron chi connectivity index (χ1n) is 7.34. The molecular weight excluding hydrogens is 330 g/mol. The van der Waals surface area contributed by atoms with Crippen LogP contribution in [0.3, 0.4) is 0 Å². The molecule has 3 nitrogen and oxygen atoms in total. The highest BCUT2D eigenvalue weighted by atomic mass is 79.9. The van der Waals surface area contributed by atoms with Crippen LogP contribution in [0.4, 0.5) is 0 Å². The Balaban J connectivity index is 2.47. The predicted molar refractivity (Wildman–Crippen MR) is 88.9 cm³/mol. The number of aryl methyl sites for hydroxylation is 1. The lowest BCUT2D eigenvalue weighted by Gasteiger charge is -2.21. The third-order valence-corrected chi connectivity index (χ3v) is 4.01. The molecule has 2 aromatic rings. The summed E-state index contributed by atoms with van der Waals surface area (Å²) in [6, 6.07) is 8.22. The van der Waals surface area contributed by atoms with Gasteiger partial charge in [0.15, 0.2) is 0 Å². The molecule has 0 saturated carbocycles. The summed E-state index contributed by atoms with van der Waals surface area (Å²) in [4.78, 5) is 0. The number of hydrogen-bond donors (Lipinski definition) is 1. The fraction of sp³-hybridized carbons (Fsp3) is 0.412. The van der Waals surface area contributed by atoms with E-state index in [-0.39, 0.29) is 6.04 Å². The van der Waals surface area contributed by atoms with Crippen molar-refractivity contribution in [2.24, 2.45) is 0 Å². The summed E-state index contributed by atoms with van der Waals surface area (Å²) in [7, 11) is 1.71. The topological polar surface area (TPSA) is 34.4 Å². The Morgan fingerprint density at radius 2 is 2.05 bits per heavy atom. The molecule has 0 radical (unpaired) electrons. The monoisotopic (exact) mass is 351 g/mol.